The van der Waals surface area contributed by atoms with E-state index in [0.29, 0.717) is 5.69 Å². The van der Waals surface area contributed by atoms with E-state index in [9.17, 15) is 18.0 Å². The highest BCUT2D eigenvalue weighted by molar-refractivity contribution is 7.89. The molecule has 0 spiro atoms. The normalized spacial score (nSPS) is 23.5. The lowest BCUT2D eigenvalue weighted by atomic mass is 10.1. The quantitative estimate of drug-likeness (QED) is 0.807. The molecule has 0 radical (unpaired) electrons. The Balaban J connectivity index is 1.82. The van der Waals surface area contributed by atoms with E-state index < -0.39 is 16.1 Å². The number of likely N-dealkylation sites (tertiary alicyclic amines) is 1. The molecule has 7 nitrogen and oxygen atoms in total. The molecule has 0 aliphatic carbocycles. The maximum absolute atomic E-state index is 12.6. The van der Waals surface area contributed by atoms with Gasteiger partial charge in [-0.05, 0) is 50.2 Å². The first-order chi connectivity index (χ1) is 10.9. The van der Waals surface area contributed by atoms with E-state index >= 15 is 0 Å². The first-order valence-corrected chi connectivity index (χ1v) is 9.16. The average Bonchev–Trinajstić information content (AvgIpc) is 2.82. The minimum atomic E-state index is -3.79. The third kappa shape index (κ3) is 3.15. The number of anilines is 1. The Morgan fingerprint density at radius 1 is 1.00 bits per heavy atom. The van der Waals surface area contributed by atoms with Crippen molar-refractivity contribution in [3.63, 3.8) is 0 Å². The van der Waals surface area contributed by atoms with Gasteiger partial charge in [0.15, 0.2) is 0 Å². The molecule has 2 amide bonds. The monoisotopic (exact) mass is 337 g/mol. The number of piperidine rings is 1. The maximum Gasteiger partial charge on any atom is 0.251 e. The van der Waals surface area contributed by atoms with Crippen molar-refractivity contribution in [2.45, 2.75) is 36.6 Å². The lowest BCUT2D eigenvalue weighted by Crippen LogP contribution is -2.44. The number of imide groups is 1. The van der Waals surface area contributed by atoms with Gasteiger partial charge in [-0.25, -0.2) is 18.5 Å². The summed E-state index contributed by atoms with van der Waals surface area (Å²) in [5.74, 6) is -0.491. The van der Waals surface area contributed by atoms with Crippen molar-refractivity contribution in [2.24, 2.45) is 5.14 Å². The van der Waals surface area contributed by atoms with E-state index in [1.54, 1.807) is 0 Å². The number of carbonyl (C=O) groups is 2. The van der Waals surface area contributed by atoms with E-state index in [4.69, 9.17) is 5.14 Å². The van der Waals surface area contributed by atoms with Crippen LogP contribution in [0.15, 0.2) is 29.2 Å². The SMILES string of the molecule is NS(=O)(=O)c1ccc(N2C(=O)CC(N3CCCCC3)C2=O)cc1. The minimum absolute atomic E-state index is 0.0482. The molecule has 2 aliphatic heterocycles. The zero-order valence-electron chi connectivity index (χ0n) is 12.6. The molecule has 2 saturated heterocycles. The van der Waals surface area contributed by atoms with Crippen molar-refractivity contribution in [1.82, 2.24) is 4.90 Å². The van der Waals surface area contributed by atoms with Gasteiger partial charge in [0.25, 0.3) is 5.91 Å². The summed E-state index contributed by atoms with van der Waals surface area (Å²) >= 11 is 0. The number of nitrogens with two attached hydrogens (primary N) is 1. The van der Waals surface area contributed by atoms with Crippen molar-refractivity contribution >= 4 is 27.5 Å². The van der Waals surface area contributed by atoms with E-state index in [1.165, 1.54) is 24.3 Å². The number of amides is 2. The Morgan fingerprint density at radius 2 is 1.61 bits per heavy atom. The molecule has 1 aromatic rings. The smallest absolute Gasteiger partial charge is 0.251 e. The molecule has 0 saturated carbocycles. The Kier molecular flexibility index (Phi) is 4.22. The van der Waals surface area contributed by atoms with Crippen LogP contribution in [0.3, 0.4) is 0 Å². The standard InChI is InChI=1S/C15H19N3O4S/c16-23(21,22)12-6-4-11(5-7-12)18-14(19)10-13(15(18)20)17-8-2-1-3-9-17/h4-7,13H,1-3,8-10H2,(H2,16,21,22). The Hall–Kier alpha value is -1.77. The molecule has 8 heteroatoms. The summed E-state index contributed by atoms with van der Waals surface area (Å²) < 4.78 is 22.6. The molecular formula is C15H19N3O4S. The van der Waals surface area contributed by atoms with Crippen LogP contribution in [0.4, 0.5) is 5.69 Å². The van der Waals surface area contributed by atoms with Crippen LogP contribution in [-0.2, 0) is 19.6 Å². The second-order valence-corrected chi connectivity index (χ2v) is 7.48. The van der Waals surface area contributed by atoms with Crippen LogP contribution < -0.4 is 10.0 Å². The summed E-state index contributed by atoms with van der Waals surface area (Å²) in [5, 5.41) is 5.05. The fourth-order valence-corrected chi connectivity index (χ4v) is 3.70. The Labute approximate surface area is 135 Å². The van der Waals surface area contributed by atoms with Crippen molar-refractivity contribution in [3.05, 3.63) is 24.3 Å². The molecule has 1 aromatic carbocycles. The average molecular weight is 337 g/mol. The van der Waals surface area contributed by atoms with Gasteiger partial charge in [0, 0.05) is 0 Å². The Bertz CT molecular complexity index is 724. The molecule has 23 heavy (non-hydrogen) atoms. The third-order valence-electron chi connectivity index (χ3n) is 4.38. The largest absolute Gasteiger partial charge is 0.292 e. The predicted octanol–water partition coefficient (Wildman–Crippen LogP) is 0.452. The number of hydrogen-bond acceptors (Lipinski definition) is 5. The highest BCUT2D eigenvalue weighted by atomic mass is 32.2. The van der Waals surface area contributed by atoms with E-state index in [2.05, 4.69) is 4.90 Å². The number of primary sulfonamides is 1. The molecule has 2 aliphatic rings. The molecule has 2 heterocycles. The highest BCUT2D eigenvalue weighted by Crippen LogP contribution is 2.28. The van der Waals surface area contributed by atoms with E-state index in [-0.39, 0.29) is 23.1 Å². The number of sulfonamides is 1. The molecule has 2 fully saturated rings. The van der Waals surface area contributed by atoms with Gasteiger partial charge in [0.05, 0.1) is 23.0 Å². The van der Waals surface area contributed by atoms with E-state index in [0.717, 1.165) is 37.3 Å². The molecule has 2 N–H and O–H groups in total. The fourth-order valence-electron chi connectivity index (χ4n) is 3.19. The summed E-state index contributed by atoms with van der Waals surface area (Å²) in [7, 11) is -3.79. The molecule has 0 aromatic heterocycles. The van der Waals surface area contributed by atoms with Gasteiger partial charge in [-0.3, -0.25) is 14.5 Å². The minimum Gasteiger partial charge on any atom is -0.292 e. The van der Waals surface area contributed by atoms with Gasteiger partial charge in [0.1, 0.15) is 0 Å². The molecule has 0 bridgehead atoms. The van der Waals surface area contributed by atoms with Crippen LogP contribution in [0.1, 0.15) is 25.7 Å². The molecule has 1 atom stereocenters. The fraction of sp³-hybridized carbons (Fsp3) is 0.467. The zero-order chi connectivity index (χ0) is 16.6. The third-order valence-corrected chi connectivity index (χ3v) is 5.31. The van der Waals surface area contributed by atoms with Gasteiger partial charge in [-0.2, -0.15) is 0 Å². The van der Waals surface area contributed by atoms with Crippen LogP contribution in [0, 0.1) is 0 Å². The van der Waals surface area contributed by atoms with Crippen molar-refractivity contribution in [3.8, 4) is 0 Å². The van der Waals surface area contributed by atoms with Crippen LogP contribution in [0.25, 0.3) is 0 Å². The molecule has 3 rings (SSSR count). The van der Waals surface area contributed by atoms with Crippen molar-refractivity contribution < 1.29 is 18.0 Å². The van der Waals surface area contributed by atoms with Crippen molar-refractivity contribution in [2.75, 3.05) is 18.0 Å². The van der Waals surface area contributed by atoms with Gasteiger partial charge >= 0.3 is 0 Å². The second-order valence-electron chi connectivity index (χ2n) is 5.92. The first kappa shape index (κ1) is 16.1. The zero-order valence-corrected chi connectivity index (χ0v) is 13.5. The second kappa shape index (κ2) is 6.03. The van der Waals surface area contributed by atoms with Gasteiger partial charge in [-0.1, -0.05) is 6.42 Å². The van der Waals surface area contributed by atoms with Gasteiger partial charge in [-0.15, -0.1) is 0 Å². The van der Waals surface area contributed by atoms with Gasteiger partial charge < -0.3 is 0 Å². The lowest BCUT2D eigenvalue weighted by molar-refractivity contribution is -0.123. The number of carbonyl (C=O) groups excluding carboxylic acids is 2. The van der Waals surface area contributed by atoms with Gasteiger partial charge in [0.2, 0.25) is 15.9 Å². The molecule has 124 valence electrons. The van der Waals surface area contributed by atoms with Crippen LogP contribution >= 0.6 is 0 Å². The summed E-state index contributed by atoms with van der Waals surface area (Å²) in [6.45, 7) is 1.67. The van der Waals surface area contributed by atoms with E-state index in [1.807, 2.05) is 0 Å². The number of rotatable bonds is 3. The number of nitrogens with zero attached hydrogens (tertiary/aromatic N) is 2. The summed E-state index contributed by atoms with van der Waals surface area (Å²) in [5.41, 5.74) is 0.381. The summed E-state index contributed by atoms with van der Waals surface area (Å²) in [6, 6.07) is 5.09. The summed E-state index contributed by atoms with van der Waals surface area (Å²) in [4.78, 5) is 28.0. The summed E-state index contributed by atoms with van der Waals surface area (Å²) in [6.07, 6.45) is 3.42. The van der Waals surface area contributed by atoms with Crippen LogP contribution in [0.2, 0.25) is 0 Å². The Morgan fingerprint density at radius 3 is 2.17 bits per heavy atom. The predicted molar refractivity (Wildman–Crippen MR) is 84.1 cm³/mol. The van der Waals surface area contributed by atoms with Crippen LogP contribution in [0.5, 0.6) is 0 Å². The number of hydrogen-bond donors (Lipinski definition) is 1. The topological polar surface area (TPSA) is 101 Å². The highest BCUT2D eigenvalue weighted by Gasteiger charge is 2.42. The van der Waals surface area contributed by atoms with Crippen LogP contribution in [-0.4, -0.2) is 44.3 Å². The molecular weight excluding hydrogens is 318 g/mol. The molecule has 1 unspecified atom stereocenters. The lowest BCUT2D eigenvalue weighted by Gasteiger charge is -2.30. The maximum atomic E-state index is 12.6. The van der Waals surface area contributed by atoms with Crippen molar-refractivity contribution in [1.29, 1.82) is 0 Å². The first-order valence-electron chi connectivity index (χ1n) is 7.61. The number of benzene rings is 1.